The Labute approximate surface area is 152 Å². The maximum atomic E-state index is 14.9. The predicted octanol–water partition coefficient (Wildman–Crippen LogP) is 7.79. The van der Waals surface area contributed by atoms with Gasteiger partial charge in [0.15, 0.2) is 0 Å². The fraction of sp³-hybridized carbons (Fsp3) is 0.652. The molecule has 3 unspecified atom stereocenters. The molecule has 0 spiro atoms. The van der Waals surface area contributed by atoms with Crippen molar-refractivity contribution in [1.82, 2.24) is 0 Å². The van der Waals surface area contributed by atoms with Crippen molar-refractivity contribution in [2.75, 3.05) is 0 Å². The molecule has 0 N–H and O–H groups in total. The molecule has 2 rings (SSSR count). The van der Waals surface area contributed by atoms with Gasteiger partial charge in [-0.3, -0.25) is 0 Å². The third kappa shape index (κ3) is 5.15. The van der Waals surface area contributed by atoms with E-state index in [2.05, 4.69) is 13.0 Å². The molecule has 25 heavy (non-hydrogen) atoms. The van der Waals surface area contributed by atoms with Crippen molar-refractivity contribution < 1.29 is 8.78 Å². The van der Waals surface area contributed by atoms with Crippen LogP contribution in [-0.4, -0.2) is 6.17 Å². The molecule has 2 aliphatic carbocycles. The quantitative estimate of drug-likeness (QED) is 0.353. The first kappa shape index (κ1) is 20.1. The van der Waals surface area contributed by atoms with E-state index in [4.69, 9.17) is 0 Å². The summed E-state index contributed by atoms with van der Waals surface area (Å²) in [6.07, 6.45) is 20.4. The highest BCUT2D eigenvalue weighted by molar-refractivity contribution is 5.32. The predicted molar refractivity (Wildman–Crippen MR) is 104 cm³/mol. The fourth-order valence-electron chi connectivity index (χ4n) is 4.18. The molecule has 0 heterocycles. The number of hydrogen-bond acceptors (Lipinski definition) is 0. The average molecular weight is 349 g/mol. The van der Waals surface area contributed by atoms with Crippen LogP contribution in [0.2, 0.25) is 0 Å². The van der Waals surface area contributed by atoms with Crippen molar-refractivity contribution in [2.24, 2.45) is 11.3 Å². The second-order valence-corrected chi connectivity index (χ2v) is 7.72. The maximum Gasteiger partial charge on any atom is 0.131 e. The van der Waals surface area contributed by atoms with Crippen molar-refractivity contribution in [1.29, 1.82) is 0 Å². The largest absolute Gasteiger partial charge is 0.242 e. The van der Waals surface area contributed by atoms with E-state index in [-0.39, 0.29) is 11.7 Å². The lowest BCUT2D eigenvalue weighted by atomic mass is 9.64. The smallest absolute Gasteiger partial charge is 0.131 e. The zero-order chi connectivity index (χ0) is 18.1. The first-order valence-electron chi connectivity index (χ1n) is 10.1. The monoisotopic (exact) mass is 348 g/mol. The van der Waals surface area contributed by atoms with Crippen LogP contribution in [0.15, 0.2) is 47.9 Å². The van der Waals surface area contributed by atoms with Gasteiger partial charge in [0.2, 0.25) is 0 Å². The highest BCUT2D eigenvalue weighted by Crippen LogP contribution is 2.51. The van der Waals surface area contributed by atoms with Crippen LogP contribution < -0.4 is 0 Å². The van der Waals surface area contributed by atoms with E-state index in [1.54, 1.807) is 0 Å². The molecule has 0 radical (unpaired) electrons. The molecule has 0 aromatic rings. The minimum Gasteiger partial charge on any atom is -0.242 e. The molecule has 2 aliphatic rings. The van der Waals surface area contributed by atoms with Gasteiger partial charge in [0.1, 0.15) is 12.0 Å². The summed E-state index contributed by atoms with van der Waals surface area (Å²) in [7, 11) is 0. The molecule has 0 fully saturated rings. The van der Waals surface area contributed by atoms with Gasteiger partial charge < -0.3 is 0 Å². The number of allylic oxidation sites excluding steroid dienone is 8. The van der Waals surface area contributed by atoms with E-state index < -0.39 is 11.6 Å². The third-order valence-electron chi connectivity index (χ3n) is 5.85. The first-order chi connectivity index (χ1) is 12.1. The first-order valence-corrected chi connectivity index (χ1v) is 10.1. The second-order valence-electron chi connectivity index (χ2n) is 7.72. The summed E-state index contributed by atoms with van der Waals surface area (Å²) < 4.78 is 29.8. The van der Waals surface area contributed by atoms with Gasteiger partial charge >= 0.3 is 0 Å². The van der Waals surface area contributed by atoms with Crippen molar-refractivity contribution in [2.45, 2.75) is 84.2 Å². The van der Waals surface area contributed by atoms with E-state index in [9.17, 15) is 8.78 Å². The number of alkyl halides is 1. The van der Waals surface area contributed by atoms with Crippen molar-refractivity contribution in [3.8, 4) is 0 Å². The Morgan fingerprint density at radius 3 is 2.32 bits per heavy atom. The van der Waals surface area contributed by atoms with E-state index >= 15 is 0 Å². The van der Waals surface area contributed by atoms with Crippen molar-refractivity contribution >= 4 is 0 Å². The summed E-state index contributed by atoms with van der Waals surface area (Å²) in [6.45, 7) is 4.27. The van der Waals surface area contributed by atoms with Gasteiger partial charge in [-0.15, -0.1) is 0 Å². The van der Waals surface area contributed by atoms with Gasteiger partial charge in [-0.1, -0.05) is 88.2 Å². The SMILES string of the molecule is CCCCCCCCCCC1(C2C=CC(C)=CC2)C(F)=CC=CC1F. The van der Waals surface area contributed by atoms with Crippen LogP contribution in [0, 0.1) is 11.3 Å². The zero-order valence-corrected chi connectivity index (χ0v) is 15.9. The van der Waals surface area contributed by atoms with Crippen LogP contribution in [-0.2, 0) is 0 Å². The highest BCUT2D eigenvalue weighted by Gasteiger charge is 2.48. The van der Waals surface area contributed by atoms with Crippen LogP contribution in [0.5, 0.6) is 0 Å². The van der Waals surface area contributed by atoms with E-state index in [1.165, 1.54) is 62.3 Å². The Morgan fingerprint density at radius 2 is 1.72 bits per heavy atom. The Bertz CT molecular complexity index is 526. The Balaban J connectivity index is 1.92. The second kappa shape index (κ2) is 10.1. The van der Waals surface area contributed by atoms with Crippen molar-refractivity contribution in [3.05, 3.63) is 47.9 Å². The molecular formula is C23H34F2. The summed E-state index contributed by atoms with van der Waals surface area (Å²) in [5.41, 5.74) is 0.189. The molecule has 3 atom stereocenters. The number of unbranched alkanes of at least 4 members (excludes halogenated alkanes) is 7. The summed E-state index contributed by atoms with van der Waals surface area (Å²) >= 11 is 0. The Morgan fingerprint density at radius 1 is 1.04 bits per heavy atom. The standard InChI is InChI=1S/C23H34F2/c1-3-4-5-6-7-8-9-10-18-23(20-16-14-19(2)15-17-20)21(24)12-11-13-22(23)25/h11-16,20-21H,3-10,17-18H2,1-2H3. The fourth-order valence-corrected chi connectivity index (χ4v) is 4.18. The van der Waals surface area contributed by atoms with Crippen LogP contribution >= 0.6 is 0 Å². The summed E-state index contributed by atoms with van der Waals surface area (Å²) in [5, 5.41) is 0. The maximum absolute atomic E-state index is 14.9. The Kier molecular flexibility index (Phi) is 8.12. The van der Waals surface area contributed by atoms with Gasteiger partial charge in [-0.05, 0) is 37.8 Å². The zero-order valence-electron chi connectivity index (χ0n) is 15.9. The van der Waals surface area contributed by atoms with Gasteiger partial charge in [-0.2, -0.15) is 0 Å². The molecule has 0 bridgehead atoms. The number of halogens is 2. The Hall–Kier alpha value is -1.18. The molecule has 0 aromatic carbocycles. The van der Waals surface area contributed by atoms with Gasteiger partial charge in [0.25, 0.3) is 0 Å². The molecule has 0 saturated heterocycles. The van der Waals surface area contributed by atoms with Crippen LogP contribution in [0.1, 0.15) is 78.1 Å². The summed E-state index contributed by atoms with van der Waals surface area (Å²) in [5.74, 6) is -0.356. The summed E-state index contributed by atoms with van der Waals surface area (Å²) in [6, 6.07) is 0. The molecule has 140 valence electrons. The van der Waals surface area contributed by atoms with Gasteiger partial charge in [-0.25, -0.2) is 8.78 Å². The van der Waals surface area contributed by atoms with Crippen LogP contribution in [0.4, 0.5) is 8.78 Å². The van der Waals surface area contributed by atoms with E-state index in [1.807, 2.05) is 19.1 Å². The lowest BCUT2D eigenvalue weighted by Gasteiger charge is -2.42. The molecule has 0 saturated carbocycles. The number of hydrogen-bond donors (Lipinski definition) is 0. The summed E-state index contributed by atoms with van der Waals surface area (Å²) in [4.78, 5) is 0. The molecule has 0 aliphatic heterocycles. The molecule has 2 heteroatoms. The van der Waals surface area contributed by atoms with E-state index in [0.717, 1.165) is 19.3 Å². The normalized spacial score (nSPS) is 28.8. The molecule has 0 amide bonds. The van der Waals surface area contributed by atoms with Gasteiger partial charge in [0.05, 0.1) is 5.41 Å². The molecular weight excluding hydrogens is 314 g/mol. The molecule has 0 nitrogen and oxygen atoms in total. The average Bonchev–Trinajstić information content (AvgIpc) is 2.60. The highest BCUT2D eigenvalue weighted by atomic mass is 19.1. The minimum absolute atomic E-state index is 0.0862. The number of rotatable bonds is 10. The van der Waals surface area contributed by atoms with Gasteiger partial charge in [0, 0.05) is 0 Å². The van der Waals surface area contributed by atoms with Crippen LogP contribution in [0.3, 0.4) is 0 Å². The lowest BCUT2D eigenvalue weighted by molar-refractivity contribution is 0.0861. The van der Waals surface area contributed by atoms with E-state index in [0.29, 0.717) is 6.42 Å². The van der Waals surface area contributed by atoms with Crippen LogP contribution in [0.25, 0.3) is 0 Å². The minimum atomic E-state index is -1.23. The lowest BCUT2D eigenvalue weighted by Crippen LogP contribution is -2.40. The third-order valence-corrected chi connectivity index (χ3v) is 5.85. The van der Waals surface area contributed by atoms with Crippen molar-refractivity contribution in [3.63, 3.8) is 0 Å². The molecule has 0 aromatic heterocycles. The topological polar surface area (TPSA) is 0 Å².